The molecule has 0 atom stereocenters. The Morgan fingerprint density at radius 3 is 2.68 bits per heavy atom. The second-order valence-corrected chi connectivity index (χ2v) is 7.33. The maximum atomic E-state index is 12.9. The Balaban J connectivity index is 1.46. The summed E-state index contributed by atoms with van der Waals surface area (Å²) in [4.78, 5) is 27.2. The van der Waals surface area contributed by atoms with E-state index in [0.717, 1.165) is 25.7 Å². The minimum atomic E-state index is -0.171. The van der Waals surface area contributed by atoms with Crippen LogP contribution in [0.1, 0.15) is 58.9 Å². The molecule has 148 valence electrons. The van der Waals surface area contributed by atoms with Crippen LogP contribution >= 0.6 is 0 Å². The number of ether oxygens (including phenoxy) is 1. The predicted octanol–water partition coefficient (Wildman–Crippen LogP) is 2.01. The first-order valence-electron chi connectivity index (χ1n) is 9.82. The average Bonchev–Trinajstić information content (AvgIpc) is 3.17. The molecule has 2 amide bonds. The van der Waals surface area contributed by atoms with E-state index in [4.69, 9.17) is 4.74 Å². The van der Waals surface area contributed by atoms with Gasteiger partial charge < -0.3 is 19.5 Å². The molecule has 1 aromatic carbocycles. The van der Waals surface area contributed by atoms with Crippen LogP contribution in [0.5, 0.6) is 5.75 Å². The first-order chi connectivity index (χ1) is 13.7. The number of nitrogens with one attached hydrogen (secondary N) is 1. The fourth-order valence-corrected chi connectivity index (χ4v) is 3.99. The molecular formula is C20H25N5O3. The first kappa shape index (κ1) is 18.5. The number of para-hydroxylation sites is 1. The van der Waals surface area contributed by atoms with Gasteiger partial charge in [-0.05, 0) is 25.0 Å². The number of fused-ring (bicyclic) bond motifs is 1. The number of benzene rings is 1. The van der Waals surface area contributed by atoms with Gasteiger partial charge in [0.15, 0.2) is 5.82 Å². The van der Waals surface area contributed by atoms with Crippen LogP contribution in [0.15, 0.2) is 24.3 Å². The Bertz CT molecular complexity index is 872. The third kappa shape index (κ3) is 3.58. The lowest BCUT2D eigenvalue weighted by Crippen LogP contribution is -2.41. The quantitative estimate of drug-likeness (QED) is 0.872. The summed E-state index contributed by atoms with van der Waals surface area (Å²) in [6.45, 7) is 1.31. The number of carbonyl (C=O) groups is 2. The molecule has 0 saturated heterocycles. The molecule has 0 radical (unpaired) electrons. The van der Waals surface area contributed by atoms with E-state index in [-0.39, 0.29) is 17.9 Å². The molecule has 4 rings (SSSR count). The topological polar surface area (TPSA) is 89.3 Å². The summed E-state index contributed by atoms with van der Waals surface area (Å²) < 4.78 is 7.12. The molecule has 1 N–H and O–H groups in total. The minimum absolute atomic E-state index is 0.111. The Morgan fingerprint density at radius 2 is 1.89 bits per heavy atom. The zero-order valence-corrected chi connectivity index (χ0v) is 16.1. The van der Waals surface area contributed by atoms with E-state index in [9.17, 15) is 9.59 Å². The molecule has 2 heterocycles. The number of hydrogen-bond acceptors (Lipinski definition) is 5. The summed E-state index contributed by atoms with van der Waals surface area (Å²) in [5.41, 5.74) is 0.522. The normalized spacial score (nSPS) is 17.1. The largest absolute Gasteiger partial charge is 0.496 e. The molecule has 8 nitrogen and oxygen atoms in total. The van der Waals surface area contributed by atoms with Crippen molar-refractivity contribution in [1.29, 1.82) is 0 Å². The van der Waals surface area contributed by atoms with Gasteiger partial charge in [-0.3, -0.25) is 9.59 Å². The van der Waals surface area contributed by atoms with E-state index in [1.807, 2.05) is 16.7 Å². The van der Waals surface area contributed by atoms with Crippen LogP contribution in [0.4, 0.5) is 0 Å². The highest BCUT2D eigenvalue weighted by Crippen LogP contribution is 2.22. The smallest absolute Gasteiger partial charge is 0.289 e. The first-order valence-corrected chi connectivity index (χ1v) is 9.82. The molecule has 8 heteroatoms. The molecule has 1 aliphatic heterocycles. The molecule has 2 aliphatic rings. The lowest BCUT2D eigenvalue weighted by Gasteiger charge is -2.28. The fraction of sp³-hybridized carbons (Fsp3) is 0.500. The van der Waals surface area contributed by atoms with Gasteiger partial charge in [0.2, 0.25) is 5.82 Å². The summed E-state index contributed by atoms with van der Waals surface area (Å²) in [6.07, 6.45) is 5.59. The standard InChI is InChI=1S/C20H25N5O3/c1-28-16-10-6-5-9-15(16)20(27)24-11-12-25-17(13-24)22-23-18(25)19(26)21-14-7-3-2-4-8-14/h5-6,9-10,14H,2-4,7-8,11-13H2,1H3,(H,21,26). The van der Waals surface area contributed by atoms with Crippen LogP contribution < -0.4 is 10.1 Å². The van der Waals surface area contributed by atoms with Gasteiger partial charge >= 0.3 is 0 Å². The fourth-order valence-electron chi connectivity index (χ4n) is 3.99. The molecule has 2 aromatic rings. The van der Waals surface area contributed by atoms with Crippen LogP contribution in [0.25, 0.3) is 0 Å². The zero-order chi connectivity index (χ0) is 19.5. The molecule has 1 saturated carbocycles. The van der Waals surface area contributed by atoms with Gasteiger partial charge in [0.25, 0.3) is 11.8 Å². The second kappa shape index (κ2) is 8.00. The number of methoxy groups -OCH3 is 1. The third-order valence-corrected chi connectivity index (χ3v) is 5.52. The monoisotopic (exact) mass is 383 g/mol. The molecule has 1 fully saturated rings. The van der Waals surface area contributed by atoms with Crippen molar-refractivity contribution in [2.45, 2.75) is 51.2 Å². The van der Waals surface area contributed by atoms with E-state index >= 15 is 0 Å². The SMILES string of the molecule is COc1ccccc1C(=O)N1CCn2c(nnc2C(=O)NC2CCCCC2)C1. The number of hydrogen-bond donors (Lipinski definition) is 1. The van der Waals surface area contributed by atoms with E-state index in [0.29, 0.717) is 42.6 Å². The van der Waals surface area contributed by atoms with Crippen molar-refractivity contribution in [2.75, 3.05) is 13.7 Å². The van der Waals surface area contributed by atoms with Gasteiger partial charge in [-0.2, -0.15) is 0 Å². The second-order valence-electron chi connectivity index (χ2n) is 7.33. The van der Waals surface area contributed by atoms with Crippen molar-refractivity contribution in [3.05, 3.63) is 41.5 Å². The average molecular weight is 383 g/mol. The van der Waals surface area contributed by atoms with Gasteiger partial charge in [0.05, 0.1) is 19.2 Å². The van der Waals surface area contributed by atoms with Crippen molar-refractivity contribution in [3.63, 3.8) is 0 Å². The summed E-state index contributed by atoms with van der Waals surface area (Å²) in [5.74, 6) is 1.23. The van der Waals surface area contributed by atoms with Crippen LogP contribution in [0.3, 0.4) is 0 Å². The maximum Gasteiger partial charge on any atom is 0.289 e. The molecule has 1 aliphatic carbocycles. The van der Waals surface area contributed by atoms with Crippen LogP contribution in [0.2, 0.25) is 0 Å². The van der Waals surface area contributed by atoms with E-state index in [1.165, 1.54) is 6.42 Å². The van der Waals surface area contributed by atoms with Gasteiger partial charge in [-0.25, -0.2) is 0 Å². The Morgan fingerprint density at radius 1 is 1.11 bits per heavy atom. The van der Waals surface area contributed by atoms with Crippen molar-refractivity contribution >= 4 is 11.8 Å². The van der Waals surface area contributed by atoms with Crippen molar-refractivity contribution in [1.82, 2.24) is 25.0 Å². The number of aromatic nitrogens is 3. The maximum absolute atomic E-state index is 12.9. The highest BCUT2D eigenvalue weighted by Gasteiger charge is 2.29. The zero-order valence-electron chi connectivity index (χ0n) is 16.1. The lowest BCUT2D eigenvalue weighted by atomic mass is 9.95. The Kier molecular flexibility index (Phi) is 5.27. The summed E-state index contributed by atoms with van der Waals surface area (Å²) in [6, 6.07) is 7.40. The van der Waals surface area contributed by atoms with E-state index in [1.54, 1.807) is 24.1 Å². The van der Waals surface area contributed by atoms with Crippen molar-refractivity contribution in [3.8, 4) is 5.75 Å². The highest BCUT2D eigenvalue weighted by molar-refractivity contribution is 5.97. The number of carbonyl (C=O) groups excluding carboxylic acids is 2. The van der Waals surface area contributed by atoms with E-state index < -0.39 is 0 Å². The molecular weight excluding hydrogens is 358 g/mol. The number of nitrogens with zero attached hydrogens (tertiary/aromatic N) is 4. The lowest BCUT2D eigenvalue weighted by molar-refractivity contribution is 0.0702. The van der Waals surface area contributed by atoms with E-state index in [2.05, 4.69) is 15.5 Å². The molecule has 0 spiro atoms. The Hall–Kier alpha value is -2.90. The van der Waals surface area contributed by atoms with Gasteiger partial charge in [-0.15, -0.1) is 10.2 Å². The van der Waals surface area contributed by atoms with Crippen LogP contribution in [-0.4, -0.2) is 51.2 Å². The van der Waals surface area contributed by atoms with Gasteiger partial charge in [0, 0.05) is 19.1 Å². The van der Waals surface area contributed by atoms with Crippen LogP contribution in [-0.2, 0) is 13.1 Å². The molecule has 0 unspecified atom stereocenters. The van der Waals surface area contributed by atoms with Gasteiger partial charge in [-0.1, -0.05) is 31.4 Å². The predicted molar refractivity (Wildman–Crippen MR) is 102 cm³/mol. The third-order valence-electron chi connectivity index (χ3n) is 5.52. The number of amides is 2. The summed E-state index contributed by atoms with van der Waals surface area (Å²) >= 11 is 0. The summed E-state index contributed by atoms with van der Waals surface area (Å²) in [7, 11) is 1.55. The van der Waals surface area contributed by atoms with Crippen molar-refractivity contribution < 1.29 is 14.3 Å². The minimum Gasteiger partial charge on any atom is -0.496 e. The van der Waals surface area contributed by atoms with Gasteiger partial charge in [0.1, 0.15) is 5.75 Å². The molecule has 1 aromatic heterocycles. The molecule has 28 heavy (non-hydrogen) atoms. The summed E-state index contributed by atoms with van der Waals surface area (Å²) in [5, 5.41) is 11.4. The number of rotatable bonds is 4. The van der Waals surface area contributed by atoms with Crippen LogP contribution in [0, 0.1) is 0 Å². The van der Waals surface area contributed by atoms with Crippen molar-refractivity contribution in [2.24, 2.45) is 0 Å². The highest BCUT2D eigenvalue weighted by atomic mass is 16.5. The Labute approximate surface area is 163 Å². The molecule has 0 bridgehead atoms.